The zero-order chi connectivity index (χ0) is 13.0. The van der Waals surface area contributed by atoms with Crippen LogP contribution < -0.4 is 20.8 Å². The summed E-state index contributed by atoms with van der Waals surface area (Å²) in [6.07, 6.45) is 1.24. The van der Waals surface area contributed by atoms with E-state index in [1.165, 1.54) is 6.33 Å². The summed E-state index contributed by atoms with van der Waals surface area (Å²) in [5.41, 5.74) is 5.08. The molecule has 6 nitrogen and oxygen atoms in total. The van der Waals surface area contributed by atoms with Crippen LogP contribution >= 0.6 is 0 Å². The van der Waals surface area contributed by atoms with Crippen LogP contribution in [-0.2, 0) is 0 Å². The highest BCUT2D eigenvalue weighted by Crippen LogP contribution is 2.25. The van der Waals surface area contributed by atoms with Gasteiger partial charge in [0.25, 0.3) is 5.56 Å². The molecule has 94 valence electrons. The van der Waals surface area contributed by atoms with Gasteiger partial charge in [-0.2, -0.15) is 0 Å². The van der Waals surface area contributed by atoms with E-state index in [0.717, 1.165) is 0 Å². The van der Waals surface area contributed by atoms with E-state index in [1.807, 2.05) is 13.0 Å². The van der Waals surface area contributed by atoms with Crippen LogP contribution in [0.3, 0.4) is 0 Å². The van der Waals surface area contributed by atoms with Crippen LogP contribution in [0.4, 0.5) is 5.69 Å². The number of nitrogen functional groups attached to an aromatic ring is 1. The molecule has 0 aliphatic carbocycles. The van der Waals surface area contributed by atoms with E-state index in [4.69, 9.17) is 15.2 Å². The van der Waals surface area contributed by atoms with E-state index in [0.29, 0.717) is 18.1 Å². The van der Waals surface area contributed by atoms with Crippen molar-refractivity contribution >= 4 is 5.69 Å². The Morgan fingerprint density at radius 1 is 1.39 bits per heavy atom. The number of H-pyrrole nitrogens is 1. The molecule has 0 unspecified atom stereocenters. The topological polar surface area (TPSA) is 90.2 Å². The second-order valence-electron chi connectivity index (χ2n) is 3.46. The van der Waals surface area contributed by atoms with Crippen LogP contribution in [0, 0.1) is 0 Å². The van der Waals surface area contributed by atoms with Crippen molar-refractivity contribution in [2.45, 2.75) is 6.92 Å². The average molecular weight is 247 g/mol. The van der Waals surface area contributed by atoms with E-state index in [-0.39, 0.29) is 11.6 Å². The summed E-state index contributed by atoms with van der Waals surface area (Å²) in [5.74, 6) is 1.26. The Bertz CT molecular complexity index is 595. The monoisotopic (exact) mass is 247 g/mol. The number of rotatable bonds is 4. The first-order valence-corrected chi connectivity index (χ1v) is 5.44. The number of nitrogens with one attached hydrogen (secondary N) is 1. The maximum absolute atomic E-state index is 11.3. The fourth-order valence-corrected chi connectivity index (χ4v) is 1.38. The molecule has 0 saturated heterocycles. The number of nitrogens with zero attached hydrogens (tertiary/aromatic N) is 1. The van der Waals surface area contributed by atoms with Gasteiger partial charge in [-0.15, -0.1) is 0 Å². The maximum atomic E-state index is 11.3. The number of benzene rings is 1. The molecule has 0 atom stereocenters. The average Bonchev–Trinajstić information content (AvgIpc) is 2.36. The summed E-state index contributed by atoms with van der Waals surface area (Å²) in [4.78, 5) is 17.5. The van der Waals surface area contributed by atoms with Gasteiger partial charge in [0.2, 0.25) is 5.88 Å². The van der Waals surface area contributed by atoms with Crippen LogP contribution in [0.1, 0.15) is 6.92 Å². The molecule has 0 bridgehead atoms. The van der Waals surface area contributed by atoms with E-state index in [9.17, 15) is 4.79 Å². The fraction of sp³-hybridized carbons (Fsp3) is 0.167. The summed E-state index contributed by atoms with van der Waals surface area (Å²) in [7, 11) is 0. The van der Waals surface area contributed by atoms with Crippen LogP contribution in [0.15, 0.2) is 35.4 Å². The van der Waals surface area contributed by atoms with Gasteiger partial charge in [-0.05, 0) is 19.1 Å². The normalized spacial score (nSPS) is 10.1. The molecule has 6 heteroatoms. The Labute approximate surface area is 103 Å². The lowest BCUT2D eigenvalue weighted by atomic mass is 10.3. The molecule has 2 rings (SSSR count). The van der Waals surface area contributed by atoms with Crippen LogP contribution in [0.25, 0.3) is 0 Å². The zero-order valence-corrected chi connectivity index (χ0v) is 9.84. The summed E-state index contributed by atoms with van der Waals surface area (Å²) in [6, 6.07) is 7.02. The molecule has 18 heavy (non-hydrogen) atoms. The molecule has 0 aliphatic rings. The first-order chi connectivity index (χ1) is 8.70. The van der Waals surface area contributed by atoms with Crippen molar-refractivity contribution < 1.29 is 9.47 Å². The van der Waals surface area contributed by atoms with Crippen molar-refractivity contribution in [1.29, 1.82) is 0 Å². The van der Waals surface area contributed by atoms with Gasteiger partial charge in [0, 0.05) is 6.07 Å². The van der Waals surface area contributed by atoms with Gasteiger partial charge in [0.05, 0.1) is 12.9 Å². The quantitative estimate of drug-likeness (QED) is 0.855. The third-order valence-corrected chi connectivity index (χ3v) is 2.18. The maximum Gasteiger partial charge on any atom is 0.277 e. The van der Waals surface area contributed by atoms with Crippen molar-refractivity contribution in [3.8, 4) is 17.4 Å². The van der Waals surface area contributed by atoms with Crippen molar-refractivity contribution in [1.82, 2.24) is 9.97 Å². The lowest BCUT2D eigenvalue weighted by molar-refractivity contribution is 0.338. The highest BCUT2D eigenvalue weighted by molar-refractivity contribution is 5.47. The molecule has 2 aromatic rings. The predicted molar refractivity (Wildman–Crippen MR) is 67.0 cm³/mol. The second kappa shape index (κ2) is 5.22. The van der Waals surface area contributed by atoms with Crippen molar-refractivity contribution in [2.75, 3.05) is 12.3 Å². The molecular weight excluding hydrogens is 234 g/mol. The summed E-state index contributed by atoms with van der Waals surface area (Å²) < 4.78 is 10.8. The Kier molecular flexibility index (Phi) is 3.47. The highest BCUT2D eigenvalue weighted by Gasteiger charge is 2.07. The number of hydrogen-bond donors (Lipinski definition) is 2. The van der Waals surface area contributed by atoms with E-state index >= 15 is 0 Å². The second-order valence-corrected chi connectivity index (χ2v) is 3.46. The van der Waals surface area contributed by atoms with Crippen LogP contribution in [0.2, 0.25) is 0 Å². The Hall–Kier alpha value is -2.50. The fourth-order valence-electron chi connectivity index (χ4n) is 1.38. The minimum Gasteiger partial charge on any atom is -0.494 e. The largest absolute Gasteiger partial charge is 0.494 e. The molecule has 1 aromatic carbocycles. The molecule has 1 aromatic heterocycles. The number of ether oxygens (including phenoxy) is 2. The van der Waals surface area contributed by atoms with Gasteiger partial charge in [-0.3, -0.25) is 4.79 Å². The first-order valence-electron chi connectivity index (χ1n) is 5.44. The predicted octanol–water partition coefficient (Wildman–Crippen LogP) is 1.54. The smallest absolute Gasteiger partial charge is 0.277 e. The van der Waals surface area contributed by atoms with Crippen molar-refractivity contribution in [3.63, 3.8) is 0 Å². The Balaban J connectivity index is 2.25. The molecule has 0 amide bonds. The number of anilines is 1. The molecule has 0 aliphatic heterocycles. The van der Waals surface area contributed by atoms with E-state index < -0.39 is 5.56 Å². The first kappa shape index (κ1) is 12.0. The van der Waals surface area contributed by atoms with Gasteiger partial charge in [-0.25, -0.2) is 4.98 Å². The Morgan fingerprint density at radius 2 is 2.17 bits per heavy atom. The molecular formula is C12H13N3O3. The number of hydrogen-bond acceptors (Lipinski definition) is 5. The molecule has 3 N–H and O–H groups in total. The minimum absolute atomic E-state index is 0.0562. The molecule has 0 spiro atoms. The third kappa shape index (κ3) is 2.60. The highest BCUT2D eigenvalue weighted by atomic mass is 16.5. The number of nitrogens with two attached hydrogens (primary N) is 1. The standard InChI is InChI=1S/C12H13N3O3/c1-2-17-8-4-3-5-9(6-8)18-12-10(13)11(16)14-7-15-12/h3-7H,2,13H2,1H3,(H,14,15,16). The molecule has 0 fully saturated rings. The van der Waals surface area contributed by atoms with Gasteiger partial charge in [-0.1, -0.05) is 6.07 Å². The minimum atomic E-state index is -0.430. The van der Waals surface area contributed by atoms with Crippen LogP contribution in [-0.4, -0.2) is 16.6 Å². The van der Waals surface area contributed by atoms with Crippen LogP contribution in [0.5, 0.6) is 17.4 Å². The molecule has 0 radical (unpaired) electrons. The van der Waals surface area contributed by atoms with Gasteiger partial charge in [0.1, 0.15) is 11.5 Å². The summed E-state index contributed by atoms with van der Waals surface area (Å²) in [6.45, 7) is 2.46. The van der Waals surface area contributed by atoms with Gasteiger partial charge < -0.3 is 20.2 Å². The Morgan fingerprint density at radius 3 is 2.94 bits per heavy atom. The zero-order valence-electron chi connectivity index (χ0n) is 9.84. The lowest BCUT2D eigenvalue weighted by Crippen LogP contribution is -2.13. The lowest BCUT2D eigenvalue weighted by Gasteiger charge is -2.08. The number of aromatic amines is 1. The third-order valence-electron chi connectivity index (χ3n) is 2.18. The van der Waals surface area contributed by atoms with Gasteiger partial charge in [0.15, 0.2) is 5.69 Å². The van der Waals surface area contributed by atoms with Crippen molar-refractivity contribution in [3.05, 3.63) is 40.9 Å². The summed E-state index contributed by atoms with van der Waals surface area (Å²) in [5, 5.41) is 0. The SMILES string of the molecule is CCOc1cccc(Oc2nc[nH]c(=O)c2N)c1. The van der Waals surface area contributed by atoms with E-state index in [2.05, 4.69) is 9.97 Å². The summed E-state index contributed by atoms with van der Waals surface area (Å²) >= 11 is 0. The van der Waals surface area contributed by atoms with Gasteiger partial charge >= 0.3 is 0 Å². The molecule has 0 saturated carbocycles. The number of aromatic nitrogens is 2. The molecule has 1 heterocycles. The van der Waals surface area contributed by atoms with Crippen molar-refractivity contribution in [2.24, 2.45) is 0 Å². The van der Waals surface area contributed by atoms with E-state index in [1.54, 1.807) is 18.2 Å².